The molecule has 0 bridgehead atoms. The summed E-state index contributed by atoms with van der Waals surface area (Å²) in [5.74, 6) is 0. The molecule has 0 amide bonds. The van der Waals surface area contributed by atoms with Crippen molar-refractivity contribution in [2.75, 3.05) is 0 Å². The minimum absolute atomic E-state index is 0.421. The van der Waals surface area contributed by atoms with Gasteiger partial charge in [0.15, 0.2) is 5.50 Å². The molecule has 0 aromatic heterocycles. The van der Waals surface area contributed by atoms with Gasteiger partial charge >= 0.3 is 0 Å². The molecule has 1 unspecified atom stereocenters. The lowest BCUT2D eigenvalue weighted by atomic mass is 10.4. The third-order valence-corrected chi connectivity index (χ3v) is 2.60. The predicted molar refractivity (Wildman–Crippen MR) is 50.8 cm³/mol. The van der Waals surface area contributed by atoms with Crippen LogP contribution in [0, 0.1) is 0 Å². The molecule has 0 aliphatic carbocycles. The van der Waals surface area contributed by atoms with Gasteiger partial charge in [0.1, 0.15) is 0 Å². The van der Waals surface area contributed by atoms with Crippen LogP contribution in [0.25, 0.3) is 0 Å². The van der Waals surface area contributed by atoms with E-state index in [1.807, 2.05) is 30.3 Å². The van der Waals surface area contributed by atoms with Crippen LogP contribution in [0.3, 0.4) is 0 Å². The number of rotatable bonds is 3. The van der Waals surface area contributed by atoms with Crippen molar-refractivity contribution in [1.29, 1.82) is 0 Å². The predicted octanol–water partition coefficient (Wildman–Crippen LogP) is 2.42. The zero-order valence-electron chi connectivity index (χ0n) is 6.91. The quantitative estimate of drug-likeness (QED) is 0.732. The van der Waals surface area contributed by atoms with Crippen LogP contribution in [0.5, 0.6) is 0 Å². The second-order valence-corrected chi connectivity index (χ2v) is 3.80. The van der Waals surface area contributed by atoms with Crippen LogP contribution in [0.15, 0.2) is 35.2 Å². The molecule has 1 aromatic rings. The molecule has 0 aliphatic heterocycles. The lowest BCUT2D eigenvalue weighted by Gasteiger charge is -2.10. The number of nitrogens with two attached hydrogens (primary N) is 1. The van der Waals surface area contributed by atoms with Crippen LogP contribution < -0.4 is 5.73 Å². The highest BCUT2D eigenvalue weighted by Gasteiger charge is 2.12. The standard InChI is InChI=1S/C9H12FNS/c1-7(11)9(10)12-8-5-3-2-4-6-8/h2-7,9H,11H2,1H3/t7-,9?/m0/s1. The van der Waals surface area contributed by atoms with E-state index in [9.17, 15) is 4.39 Å². The molecule has 1 nitrogen and oxygen atoms in total. The summed E-state index contributed by atoms with van der Waals surface area (Å²) in [4.78, 5) is 0.919. The van der Waals surface area contributed by atoms with Gasteiger partial charge < -0.3 is 5.73 Å². The van der Waals surface area contributed by atoms with Crippen LogP contribution >= 0.6 is 11.8 Å². The highest BCUT2D eigenvalue weighted by Crippen LogP contribution is 2.24. The molecule has 0 saturated carbocycles. The second-order valence-electron chi connectivity index (χ2n) is 2.64. The molecule has 2 N–H and O–H groups in total. The van der Waals surface area contributed by atoms with Crippen molar-refractivity contribution in [3.63, 3.8) is 0 Å². The first-order valence-corrected chi connectivity index (χ1v) is 4.69. The van der Waals surface area contributed by atoms with Crippen LogP contribution in [0.4, 0.5) is 4.39 Å². The van der Waals surface area contributed by atoms with Gasteiger partial charge in [0.2, 0.25) is 0 Å². The van der Waals surface area contributed by atoms with Crippen molar-refractivity contribution in [1.82, 2.24) is 0 Å². The second kappa shape index (κ2) is 4.48. The summed E-state index contributed by atoms with van der Waals surface area (Å²) < 4.78 is 13.0. The minimum atomic E-state index is -1.02. The van der Waals surface area contributed by atoms with E-state index >= 15 is 0 Å². The first-order valence-electron chi connectivity index (χ1n) is 3.81. The molecule has 1 rings (SSSR count). The third kappa shape index (κ3) is 2.83. The van der Waals surface area contributed by atoms with E-state index in [0.717, 1.165) is 16.7 Å². The minimum Gasteiger partial charge on any atom is -0.325 e. The molecular weight excluding hydrogens is 173 g/mol. The zero-order chi connectivity index (χ0) is 8.97. The summed E-state index contributed by atoms with van der Waals surface area (Å²) >= 11 is 1.16. The molecular formula is C9H12FNS. The van der Waals surface area contributed by atoms with Gasteiger partial charge in [0, 0.05) is 10.9 Å². The maximum atomic E-state index is 13.0. The van der Waals surface area contributed by atoms with E-state index < -0.39 is 11.5 Å². The van der Waals surface area contributed by atoms with E-state index in [0.29, 0.717) is 0 Å². The van der Waals surface area contributed by atoms with E-state index in [1.165, 1.54) is 0 Å². The molecule has 12 heavy (non-hydrogen) atoms. The SMILES string of the molecule is C[C@H](N)C(F)Sc1ccccc1. The highest BCUT2D eigenvalue weighted by molar-refractivity contribution is 7.99. The summed E-state index contributed by atoms with van der Waals surface area (Å²) in [5, 5.41) is 0. The maximum Gasteiger partial charge on any atom is 0.165 e. The Balaban J connectivity index is 2.53. The molecule has 66 valence electrons. The Kier molecular flexibility index (Phi) is 3.56. The molecule has 1 aromatic carbocycles. The van der Waals surface area contributed by atoms with Gasteiger partial charge in [-0.05, 0) is 19.1 Å². The fourth-order valence-electron chi connectivity index (χ4n) is 0.736. The monoisotopic (exact) mass is 185 g/mol. The molecule has 2 atom stereocenters. The summed E-state index contributed by atoms with van der Waals surface area (Å²) in [5.41, 5.74) is 4.37. The van der Waals surface area contributed by atoms with Crippen molar-refractivity contribution < 1.29 is 4.39 Å². The van der Waals surface area contributed by atoms with Crippen molar-refractivity contribution in [3.05, 3.63) is 30.3 Å². The van der Waals surface area contributed by atoms with Gasteiger partial charge in [-0.15, -0.1) is 0 Å². The summed E-state index contributed by atoms with van der Waals surface area (Å²) in [6.45, 7) is 1.67. The lowest BCUT2D eigenvalue weighted by Crippen LogP contribution is -2.25. The Morgan fingerprint density at radius 1 is 1.33 bits per heavy atom. The average Bonchev–Trinajstić information content (AvgIpc) is 2.06. The molecule has 0 spiro atoms. The van der Waals surface area contributed by atoms with Gasteiger partial charge in [-0.2, -0.15) is 0 Å². The topological polar surface area (TPSA) is 26.0 Å². The largest absolute Gasteiger partial charge is 0.325 e. The third-order valence-electron chi connectivity index (χ3n) is 1.41. The fraction of sp³-hybridized carbons (Fsp3) is 0.333. The molecule has 0 radical (unpaired) electrons. The normalized spacial score (nSPS) is 15.6. The van der Waals surface area contributed by atoms with E-state index in [2.05, 4.69) is 0 Å². The number of thioether (sulfide) groups is 1. The fourth-order valence-corrected chi connectivity index (χ4v) is 1.53. The average molecular weight is 185 g/mol. The first kappa shape index (κ1) is 9.55. The summed E-state index contributed by atoms with van der Waals surface area (Å²) in [6.07, 6.45) is 0. The summed E-state index contributed by atoms with van der Waals surface area (Å²) in [6, 6.07) is 9.00. The molecule has 0 saturated heterocycles. The molecule has 3 heteroatoms. The Morgan fingerprint density at radius 3 is 2.42 bits per heavy atom. The Hall–Kier alpha value is -0.540. The van der Waals surface area contributed by atoms with Crippen molar-refractivity contribution >= 4 is 11.8 Å². The Bertz CT molecular complexity index is 225. The highest BCUT2D eigenvalue weighted by atomic mass is 32.2. The lowest BCUT2D eigenvalue weighted by molar-refractivity contribution is 0.403. The van der Waals surface area contributed by atoms with Crippen LogP contribution in [-0.2, 0) is 0 Å². The molecule has 0 aliphatic rings. The molecule has 0 heterocycles. The number of halogens is 1. The van der Waals surface area contributed by atoms with Gasteiger partial charge in [0.25, 0.3) is 0 Å². The summed E-state index contributed by atoms with van der Waals surface area (Å²) in [7, 11) is 0. The maximum absolute atomic E-state index is 13.0. The molecule has 0 fully saturated rings. The van der Waals surface area contributed by atoms with Crippen molar-refractivity contribution in [2.45, 2.75) is 23.4 Å². The number of benzene rings is 1. The van der Waals surface area contributed by atoms with E-state index in [1.54, 1.807) is 6.92 Å². The Labute approximate surface area is 76.2 Å². The Morgan fingerprint density at radius 2 is 1.92 bits per heavy atom. The van der Waals surface area contributed by atoms with Gasteiger partial charge in [-0.25, -0.2) is 4.39 Å². The van der Waals surface area contributed by atoms with Gasteiger partial charge in [-0.1, -0.05) is 30.0 Å². The zero-order valence-corrected chi connectivity index (χ0v) is 7.72. The van der Waals surface area contributed by atoms with E-state index in [4.69, 9.17) is 5.73 Å². The number of alkyl halides is 1. The van der Waals surface area contributed by atoms with Gasteiger partial charge in [-0.3, -0.25) is 0 Å². The van der Waals surface area contributed by atoms with Crippen molar-refractivity contribution in [3.8, 4) is 0 Å². The van der Waals surface area contributed by atoms with Crippen LogP contribution in [0.2, 0.25) is 0 Å². The number of hydrogen-bond donors (Lipinski definition) is 1. The smallest absolute Gasteiger partial charge is 0.165 e. The number of hydrogen-bond acceptors (Lipinski definition) is 2. The van der Waals surface area contributed by atoms with E-state index in [-0.39, 0.29) is 0 Å². The van der Waals surface area contributed by atoms with Crippen LogP contribution in [-0.4, -0.2) is 11.5 Å². The first-order chi connectivity index (χ1) is 5.70. The van der Waals surface area contributed by atoms with Gasteiger partial charge in [0.05, 0.1) is 0 Å². The van der Waals surface area contributed by atoms with Crippen LogP contribution in [0.1, 0.15) is 6.92 Å². The van der Waals surface area contributed by atoms with Crippen molar-refractivity contribution in [2.24, 2.45) is 5.73 Å².